The molecule has 0 saturated heterocycles. The summed E-state index contributed by atoms with van der Waals surface area (Å²) < 4.78 is 63.3. The summed E-state index contributed by atoms with van der Waals surface area (Å²) in [6.07, 6.45) is 0.884. The first-order valence-electron chi connectivity index (χ1n) is 8.89. The Bertz CT molecular complexity index is 1180. The van der Waals surface area contributed by atoms with Crippen LogP contribution in [-0.4, -0.2) is 21.6 Å². The van der Waals surface area contributed by atoms with Gasteiger partial charge in [0.05, 0.1) is 17.8 Å². The number of aromatic nitrogens is 1. The lowest BCUT2D eigenvalue weighted by atomic mass is 9.84. The molecule has 1 atom stereocenters. The van der Waals surface area contributed by atoms with Crippen molar-refractivity contribution in [1.29, 1.82) is 5.26 Å². The number of aliphatic hydroxyl groups is 1. The Hall–Kier alpha value is -4.04. The SMILES string of the molecule is N#Cc1ccc(Oc2ccc(C(F)(F)C(O)(C[N+](=O)[O-])c3ccc(F)cc3F)nc2)cc1. The van der Waals surface area contributed by atoms with Crippen molar-refractivity contribution < 1.29 is 32.3 Å². The maximum atomic E-state index is 15.2. The molecule has 0 amide bonds. The largest absolute Gasteiger partial charge is 0.456 e. The molecule has 7 nitrogen and oxygen atoms in total. The van der Waals surface area contributed by atoms with Crippen molar-refractivity contribution in [2.45, 2.75) is 11.5 Å². The van der Waals surface area contributed by atoms with Crippen molar-refractivity contribution in [2.75, 3.05) is 6.54 Å². The first kappa shape index (κ1) is 22.6. The molecule has 32 heavy (non-hydrogen) atoms. The summed E-state index contributed by atoms with van der Waals surface area (Å²) in [5, 5.41) is 30.4. The summed E-state index contributed by atoms with van der Waals surface area (Å²) >= 11 is 0. The molecule has 0 aliphatic carbocycles. The Balaban J connectivity index is 1.95. The van der Waals surface area contributed by atoms with Crippen LogP contribution in [-0.2, 0) is 11.5 Å². The van der Waals surface area contributed by atoms with Gasteiger partial charge in [-0.15, -0.1) is 0 Å². The Kier molecular flexibility index (Phi) is 6.09. The molecule has 3 aromatic rings. The molecule has 0 bridgehead atoms. The molecule has 164 valence electrons. The summed E-state index contributed by atoms with van der Waals surface area (Å²) in [5.41, 5.74) is -5.53. The van der Waals surface area contributed by atoms with Crippen LogP contribution in [0.15, 0.2) is 60.8 Å². The number of benzene rings is 2. The number of nitro groups is 1. The minimum atomic E-state index is -4.44. The van der Waals surface area contributed by atoms with Gasteiger partial charge >= 0.3 is 5.92 Å². The Morgan fingerprint density at radius 2 is 1.75 bits per heavy atom. The van der Waals surface area contributed by atoms with Crippen LogP contribution >= 0.6 is 0 Å². The van der Waals surface area contributed by atoms with E-state index in [1.807, 2.05) is 6.07 Å². The second kappa shape index (κ2) is 8.60. The molecule has 1 N–H and O–H groups in total. The third-order valence-corrected chi connectivity index (χ3v) is 4.53. The average Bonchev–Trinajstić information content (AvgIpc) is 2.74. The smallest absolute Gasteiger partial charge is 0.328 e. The molecule has 1 unspecified atom stereocenters. The van der Waals surface area contributed by atoms with Gasteiger partial charge in [0.1, 0.15) is 28.8 Å². The summed E-state index contributed by atoms with van der Waals surface area (Å²) in [6, 6.07) is 11.0. The summed E-state index contributed by atoms with van der Waals surface area (Å²) in [4.78, 5) is 13.3. The Labute approximate surface area is 178 Å². The van der Waals surface area contributed by atoms with E-state index in [4.69, 9.17) is 10.00 Å². The van der Waals surface area contributed by atoms with E-state index in [-0.39, 0.29) is 17.6 Å². The number of halogens is 4. The predicted molar refractivity (Wildman–Crippen MR) is 101 cm³/mol. The van der Waals surface area contributed by atoms with E-state index in [1.54, 1.807) is 0 Å². The monoisotopic (exact) mass is 447 g/mol. The van der Waals surface area contributed by atoms with Crippen LogP contribution in [0.4, 0.5) is 17.6 Å². The van der Waals surface area contributed by atoms with Gasteiger partial charge in [-0.3, -0.25) is 15.1 Å². The number of rotatable bonds is 7. The molecule has 2 aromatic carbocycles. The first-order valence-corrected chi connectivity index (χ1v) is 8.89. The van der Waals surface area contributed by atoms with Crippen LogP contribution in [0, 0.1) is 33.1 Å². The summed E-state index contributed by atoms with van der Waals surface area (Å²) in [5.74, 6) is -6.83. The van der Waals surface area contributed by atoms with Crippen molar-refractivity contribution in [3.63, 3.8) is 0 Å². The Morgan fingerprint density at radius 1 is 1.09 bits per heavy atom. The molecule has 0 spiro atoms. The summed E-state index contributed by atoms with van der Waals surface area (Å²) in [7, 11) is 0. The highest BCUT2D eigenvalue weighted by atomic mass is 19.3. The van der Waals surface area contributed by atoms with E-state index in [9.17, 15) is 24.0 Å². The fraction of sp³-hybridized carbons (Fsp3) is 0.143. The molecule has 3 rings (SSSR count). The van der Waals surface area contributed by atoms with Gasteiger partial charge in [0.25, 0.3) is 0 Å². The molecule has 1 aromatic heterocycles. The van der Waals surface area contributed by atoms with E-state index in [0.29, 0.717) is 17.7 Å². The number of alkyl halides is 2. The van der Waals surface area contributed by atoms with Crippen LogP contribution in [0.2, 0.25) is 0 Å². The summed E-state index contributed by atoms with van der Waals surface area (Å²) in [6.45, 7) is -1.77. The Morgan fingerprint density at radius 3 is 2.28 bits per heavy atom. The lowest BCUT2D eigenvalue weighted by Gasteiger charge is -2.32. The molecule has 0 saturated carbocycles. The average molecular weight is 447 g/mol. The van der Waals surface area contributed by atoms with Crippen LogP contribution in [0.25, 0.3) is 0 Å². The zero-order valence-corrected chi connectivity index (χ0v) is 16.0. The highest BCUT2D eigenvalue weighted by Gasteiger charge is 2.60. The predicted octanol–water partition coefficient (Wildman–Crippen LogP) is 4.28. The van der Waals surface area contributed by atoms with E-state index in [2.05, 4.69) is 4.98 Å². The third kappa shape index (κ3) is 4.35. The van der Waals surface area contributed by atoms with Crippen molar-refractivity contribution in [2.24, 2.45) is 0 Å². The molecule has 0 radical (unpaired) electrons. The van der Waals surface area contributed by atoms with Gasteiger partial charge in [0, 0.05) is 16.6 Å². The number of hydrogen-bond acceptors (Lipinski definition) is 6. The van der Waals surface area contributed by atoms with Crippen molar-refractivity contribution >= 4 is 0 Å². The van der Waals surface area contributed by atoms with Gasteiger partial charge in [0.2, 0.25) is 12.1 Å². The zero-order valence-electron chi connectivity index (χ0n) is 16.0. The number of ether oxygens (including phenoxy) is 1. The molecule has 11 heteroatoms. The number of hydrogen-bond donors (Lipinski definition) is 1. The van der Waals surface area contributed by atoms with Gasteiger partial charge in [-0.05, 0) is 48.5 Å². The number of nitriles is 1. The second-order valence-corrected chi connectivity index (χ2v) is 6.67. The molecule has 0 aliphatic rings. The minimum Gasteiger partial charge on any atom is -0.456 e. The fourth-order valence-corrected chi connectivity index (χ4v) is 2.94. The van der Waals surface area contributed by atoms with Crippen molar-refractivity contribution in [3.8, 4) is 17.6 Å². The van der Waals surface area contributed by atoms with Crippen LogP contribution < -0.4 is 4.74 Å². The van der Waals surface area contributed by atoms with Crippen LogP contribution in [0.1, 0.15) is 16.8 Å². The molecular formula is C21H13F4N3O4. The van der Waals surface area contributed by atoms with Gasteiger partial charge in [-0.2, -0.15) is 14.0 Å². The second-order valence-electron chi connectivity index (χ2n) is 6.67. The normalized spacial score (nSPS) is 13.1. The topological polar surface area (TPSA) is 109 Å². The maximum Gasteiger partial charge on any atom is 0.328 e. The van der Waals surface area contributed by atoms with E-state index < -0.39 is 45.9 Å². The van der Waals surface area contributed by atoms with E-state index >= 15 is 8.78 Å². The van der Waals surface area contributed by atoms with Gasteiger partial charge in [-0.25, -0.2) is 8.78 Å². The van der Waals surface area contributed by atoms with Crippen molar-refractivity contribution in [1.82, 2.24) is 4.98 Å². The minimum absolute atomic E-state index is 0.0139. The fourth-order valence-electron chi connectivity index (χ4n) is 2.94. The van der Waals surface area contributed by atoms with Gasteiger partial charge in [0.15, 0.2) is 0 Å². The number of pyridine rings is 1. The zero-order chi connectivity index (χ0) is 23.5. The van der Waals surface area contributed by atoms with Gasteiger partial charge in [-0.1, -0.05) is 0 Å². The first-order chi connectivity index (χ1) is 15.1. The molecule has 1 heterocycles. The lowest BCUT2D eigenvalue weighted by Crippen LogP contribution is -2.49. The third-order valence-electron chi connectivity index (χ3n) is 4.53. The van der Waals surface area contributed by atoms with Crippen molar-refractivity contribution in [3.05, 3.63) is 99.4 Å². The standard InChI is InChI=1S/C21H13F4N3O4/c22-14-3-7-17(18(23)9-14)20(29,12-28(30)31)21(24,25)19-8-6-16(11-27-19)32-15-4-1-13(10-26)2-5-15/h1-9,11,29H,12H2. The maximum absolute atomic E-state index is 15.2. The van der Waals surface area contributed by atoms with Crippen LogP contribution in [0.5, 0.6) is 11.5 Å². The molecule has 0 aliphatic heterocycles. The lowest BCUT2D eigenvalue weighted by molar-refractivity contribution is -0.514. The van der Waals surface area contributed by atoms with Crippen LogP contribution in [0.3, 0.4) is 0 Å². The van der Waals surface area contributed by atoms with E-state index in [0.717, 1.165) is 18.3 Å². The highest BCUT2D eigenvalue weighted by Crippen LogP contribution is 2.46. The van der Waals surface area contributed by atoms with Gasteiger partial charge < -0.3 is 9.84 Å². The number of nitrogens with zero attached hydrogens (tertiary/aromatic N) is 3. The molecule has 0 fully saturated rings. The molecular weight excluding hydrogens is 434 g/mol. The quantitative estimate of drug-likeness (QED) is 0.329. The van der Waals surface area contributed by atoms with E-state index in [1.165, 1.54) is 24.3 Å². The highest BCUT2D eigenvalue weighted by molar-refractivity contribution is 5.38.